The molecule has 3 fully saturated rings. The third-order valence-electron chi connectivity index (χ3n) is 6.15. The summed E-state index contributed by atoms with van der Waals surface area (Å²) in [4.78, 5) is 0. The molecule has 3 unspecified atom stereocenters. The van der Waals surface area contributed by atoms with Crippen molar-refractivity contribution in [2.75, 3.05) is 6.26 Å². The average molecular weight is 336 g/mol. The molecule has 3 aliphatic carbocycles. The van der Waals surface area contributed by atoms with Gasteiger partial charge in [-0.3, -0.25) is 4.55 Å². The van der Waals surface area contributed by atoms with Crippen molar-refractivity contribution in [3.05, 3.63) is 0 Å². The fraction of sp³-hybridized carbons (Fsp3) is 1.00. The highest BCUT2D eigenvalue weighted by molar-refractivity contribution is 8.06. The van der Waals surface area contributed by atoms with Gasteiger partial charge in [0.25, 0.3) is 10.1 Å². The lowest BCUT2D eigenvalue weighted by Gasteiger charge is -2.57. The van der Waals surface area contributed by atoms with Gasteiger partial charge in [-0.2, -0.15) is 8.42 Å². The van der Waals surface area contributed by atoms with E-state index in [1.165, 1.54) is 19.3 Å². The highest BCUT2D eigenvalue weighted by atomic mass is 32.3. The maximum Gasteiger partial charge on any atom is 0.282 e. The second-order valence-corrected chi connectivity index (χ2v) is 11.7. The van der Waals surface area contributed by atoms with Gasteiger partial charge in [0, 0.05) is 6.26 Å². The molecule has 5 nitrogen and oxygen atoms in total. The Hall–Kier alpha value is -0.140. The Balaban J connectivity index is 1.95. The summed E-state index contributed by atoms with van der Waals surface area (Å²) in [6, 6.07) is 0. The minimum atomic E-state index is -4.57. The molecule has 3 aliphatic rings. The molecule has 3 saturated carbocycles. The molecule has 0 radical (unpaired) electrons. The normalized spacial score (nSPS) is 41.0. The zero-order chi connectivity index (χ0) is 15.5. The van der Waals surface area contributed by atoms with E-state index in [0.717, 1.165) is 31.9 Å². The zero-order valence-corrected chi connectivity index (χ0v) is 14.0. The zero-order valence-electron chi connectivity index (χ0n) is 12.4. The first kappa shape index (κ1) is 15.7. The predicted octanol–water partition coefficient (Wildman–Crippen LogP) is 2.24. The standard InChI is InChI=1S/C14H24O5S2/c1-20(15,16)13(21(17,18)19)9-14-7-10-2-4-12(14)5-3-11(6-10)8-14/h10-13H,2-9H2,1H3,(H,17,18,19). The van der Waals surface area contributed by atoms with Crippen LogP contribution < -0.4 is 0 Å². The molecule has 21 heavy (non-hydrogen) atoms. The molecule has 0 saturated heterocycles. The lowest BCUT2D eigenvalue weighted by atomic mass is 9.49. The molecule has 0 spiro atoms. The number of sulfone groups is 1. The molecular formula is C14H24O5S2. The highest BCUT2D eigenvalue weighted by Crippen LogP contribution is 2.62. The Morgan fingerprint density at radius 1 is 1.05 bits per heavy atom. The van der Waals surface area contributed by atoms with Gasteiger partial charge in [0.1, 0.15) is 0 Å². The van der Waals surface area contributed by atoms with Crippen molar-refractivity contribution < 1.29 is 21.4 Å². The van der Waals surface area contributed by atoms with E-state index in [2.05, 4.69) is 0 Å². The summed E-state index contributed by atoms with van der Waals surface area (Å²) >= 11 is 0. The van der Waals surface area contributed by atoms with Crippen molar-refractivity contribution in [1.29, 1.82) is 0 Å². The average Bonchev–Trinajstić information content (AvgIpc) is 2.31. The molecule has 1 N–H and O–H groups in total. The largest absolute Gasteiger partial charge is 0.285 e. The second kappa shape index (κ2) is 4.93. The minimum absolute atomic E-state index is 0.0856. The van der Waals surface area contributed by atoms with Crippen molar-refractivity contribution in [2.45, 2.75) is 55.9 Å². The number of fused-ring (bicyclic) bond motifs is 2. The Morgan fingerprint density at radius 2 is 1.57 bits per heavy atom. The lowest BCUT2D eigenvalue weighted by molar-refractivity contribution is -0.0602. The fourth-order valence-electron chi connectivity index (χ4n) is 5.42. The molecule has 7 heteroatoms. The van der Waals surface area contributed by atoms with Crippen LogP contribution in [0.15, 0.2) is 0 Å². The van der Waals surface area contributed by atoms with E-state index in [1.54, 1.807) is 0 Å². The van der Waals surface area contributed by atoms with Crippen LogP contribution in [0.5, 0.6) is 0 Å². The Kier molecular flexibility index (Phi) is 3.69. The van der Waals surface area contributed by atoms with Crippen LogP contribution >= 0.6 is 0 Å². The summed E-state index contributed by atoms with van der Waals surface area (Å²) in [6.45, 7) is 0. The van der Waals surface area contributed by atoms with Gasteiger partial charge >= 0.3 is 0 Å². The van der Waals surface area contributed by atoms with Gasteiger partial charge in [-0.25, -0.2) is 8.42 Å². The Labute approximate surface area is 127 Å². The molecule has 3 bridgehead atoms. The summed E-state index contributed by atoms with van der Waals surface area (Å²) in [5.74, 6) is 1.65. The van der Waals surface area contributed by atoms with E-state index in [1.807, 2.05) is 0 Å². The second-order valence-electron chi connectivity index (χ2n) is 7.57. The predicted molar refractivity (Wildman–Crippen MR) is 80.0 cm³/mol. The Morgan fingerprint density at radius 3 is 2.00 bits per heavy atom. The van der Waals surface area contributed by atoms with Crippen LogP contribution in [0.2, 0.25) is 0 Å². The van der Waals surface area contributed by atoms with Crippen LogP contribution in [0.3, 0.4) is 0 Å². The SMILES string of the molecule is CS(=O)(=O)C(CC12CC3CCC1CCC(C3)C2)S(=O)(=O)O. The monoisotopic (exact) mass is 336 g/mol. The van der Waals surface area contributed by atoms with Crippen molar-refractivity contribution in [2.24, 2.45) is 23.2 Å². The third kappa shape index (κ3) is 2.88. The van der Waals surface area contributed by atoms with Crippen molar-refractivity contribution in [1.82, 2.24) is 0 Å². The Bertz CT molecular complexity index is 574. The number of hydrogen-bond acceptors (Lipinski definition) is 4. The summed E-state index contributed by atoms with van der Waals surface area (Å²) in [7, 11) is -8.39. The molecule has 0 aromatic carbocycles. The molecular weight excluding hydrogens is 312 g/mol. The molecule has 3 rings (SSSR count). The summed E-state index contributed by atoms with van der Waals surface area (Å²) in [5, 5.41) is 0. The molecule has 0 heterocycles. The van der Waals surface area contributed by atoms with Gasteiger partial charge in [0.05, 0.1) is 0 Å². The molecule has 3 atom stereocenters. The highest BCUT2D eigenvalue weighted by Gasteiger charge is 2.54. The first-order chi connectivity index (χ1) is 9.60. The van der Waals surface area contributed by atoms with Gasteiger partial charge in [0.2, 0.25) is 0 Å². The van der Waals surface area contributed by atoms with E-state index in [4.69, 9.17) is 0 Å². The van der Waals surface area contributed by atoms with Crippen LogP contribution in [0.1, 0.15) is 51.4 Å². The number of hydrogen-bond donors (Lipinski definition) is 1. The lowest BCUT2D eigenvalue weighted by Crippen LogP contribution is -2.50. The maximum absolute atomic E-state index is 11.9. The van der Waals surface area contributed by atoms with Crippen LogP contribution in [-0.2, 0) is 20.0 Å². The van der Waals surface area contributed by atoms with E-state index in [0.29, 0.717) is 17.8 Å². The maximum atomic E-state index is 11.9. The summed E-state index contributed by atoms with van der Waals surface area (Å²) in [5.41, 5.74) is -0.187. The van der Waals surface area contributed by atoms with E-state index < -0.39 is 24.5 Å². The van der Waals surface area contributed by atoms with Crippen LogP contribution in [0, 0.1) is 23.2 Å². The summed E-state index contributed by atoms with van der Waals surface area (Å²) in [6.07, 6.45) is 8.65. The van der Waals surface area contributed by atoms with Crippen molar-refractivity contribution in [3.8, 4) is 0 Å². The van der Waals surface area contributed by atoms with Crippen molar-refractivity contribution in [3.63, 3.8) is 0 Å². The topological polar surface area (TPSA) is 88.5 Å². The first-order valence-electron chi connectivity index (χ1n) is 7.75. The fourth-order valence-corrected chi connectivity index (χ4v) is 8.36. The molecule has 0 amide bonds. The van der Waals surface area contributed by atoms with Crippen LogP contribution in [-0.4, -0.2) is 32.2 Å². The number of rotatable bonds is 4. The molecule has 0 aromatic heterocycles. The molecule has 122 valence electrons. The van der Waals surface area contributed by atoms with Crippen LogP contribution in [0.4, 0.5) is 0 Å². The van der Waals surface area contributed by atoms with E-state index in [-0.39, 0.29) is 11.8 Å². The van der Waals surface area contributed by atoms with E-state index >= 15 is 0 Å². The molecule has 0 aromatic rings. The first-order valence-corrected chi connectivity index (χ1v) is 11.2. The quantitative estimate of drug-likeness (QED) is 0.795. The van der Waals surface area contributed by atoms with Gasteiger partial charge < -0.3 is 0 Å². The van der Waals surface area contributed by atoms with Crippen LogP contribution in [0.25, 0.3) is 0 Å². The van der Waals surface area contributed by atoms with Gasteiger partial charge in [-0.05, 0) is 61.7 Å². The minimum Gasteiger partial charge on any atom is -0.285 e. The third-order valence-corrected chi connectivity index (χ3v) is 9.88. The van der Waals surface area contributed by atoms with E-state index in [9.17, 15) is 21.4 Å². The smallest absolute Gasteiger partial charge is 0.282 e. The van der Waals surface area contributed by atoms with Crippen molar-refractivity contribution >= 4 is 20.0 Å². The molecule has 0 aliphatic heterocycles. The van der Waals surface area contributed by atoms with Gasteiger partial charge in [-0.15, -0.1) is 0 Å². The summed E-state index contributed by atoms with van der Waals surface area (Å²) < 4.78 is 54.7. The van der Waals surface area contributed by atoms with Gasteiger partial charge in [-0.1, -0.05) is 12.8 Å². The van der Waals surface area contributed by atoms with Gasteiger partial charge in [0.15, 0.2) is 14.4 Å².